The first-order valence-electron chi connectivity index (χ1n) is 4.73. The van der Waals surface area contributed by atoms with Gasteiger partial charge < -0.3 is 10.5 Å². The van der Waals surface area contributed by atoms with Crippen LogP contribution in [0.5, 0.6) is 0 Å². The molecular weight excluding hydrogens is 152 g/mol. The summed E-state index contributed by atoms with van der Waals surface area (Å²) < 4.78 is 5.06. The summed E-state index contributed by atoms with van der Waals surface area (Å²) in [6.45, 7) is 5.90. The van der Waals surface area contributed by atoms with Crippen molar-refractivity contribution in [2.75, 3.05) is 33.4 Å². The number of nitrogens with zero attached hydrogens (tertiary/aromatic N) is 1. The van der Waals surface area contributed by atoms with E-state index in [2.05, 4.69) is 11.8 Å². The Balaban J connectivity index is 2.34. The Morgan fingerprint density at radius 3 is 2.50 bits per heavy atom. The number of rotatable bonds is 6. The second kappa shape index (κ2) is 4.21. The van der Waals surface area contributed by atoms with Crippen molar-refractivity contribution in [2.45, 2.75) is 25.3 Å². The first kappa shape index (κ1) is 9.96. The zero-order valence-electron chi connectivity index (χ0n) is 8.18. The first-order valence-corrected chi connectivity index (χ1v) is 4.73. The largest absolute Gasteiger partial charge is 0.383 e. The van der Waals surface area contributed by atoms with Crippen LogP contribution >= 0.6 is 0 Å². The molecule has 2 N–H and O–H groups in total. The topological polar surface area (TPSA) is 38.5 Å². The normalized spacial score (nSPS) is 20.0. The lowest BCUT2D eigenvalue weighted by molar-refractivity contribution is 0.116. The van der Waals surface area contributed by atoms with Crippen LogP contribution in [0.15, 0.2) is 0 Å². The summed E-state index contributed by atoms with van der Waals surface area (Å²) in [5.41, 5.74) is 6.08. The lowest BCUT2D eigenvalue weighted by atomic mass is 10.2. The molecule has 3 heteroatoms. The van der Waals surface area contributed by atoms with Gasteiger partial charge >= 0.3 is 0 Å². The minimum atomic E-state index is 0.341. The molecule has 1 saturated carbocycles. The van der Waals surface area contributed by atoms with Gasteiger partial charge in [-0.25, -0.2) is 0 Å². The van der Waals surface area contributed by atoms with Crippen molar-refractivity contribution in [3.05, 3.63) is 0 Å². The van der Waals surface area contributed by atoms with Crippen LogP contribution in [-0.4, -0.2) is 43.8 Å². The van der Waals surface area contributed by atoms with Gasteiger partial charge in [0.2, 0.25) is 0 Å². The number of nitrogens with two attached hydrogens (primary N) is 1. The molecular formula is C9H20N2O. The number of methoxy groups -OCH3 is 1. The summed E-state index contributed by atoms with van der Waals surface area (Å²) in [7, 11) is 1.75. The van der Waals surface area contributed by atoms with Crippen molar-refractivity contribution in [1.82, 2.24) is 4.90 Å². The van der Waals surface area contributed by atoms with Gasteiger partial charge in [0.25, 0.3) is 0 Å². The van der Waals surface area contributed by atoms with Crippen molar-refractivity contribution < 1.29 is 4.74 Å². The number of ether oxygens (including phenoxy) is 1. The molecule has 0 aromatic carbocycles. The smallest absolute Gasteiger partial charge is 0.0589 e. The molecule has 12 heavy (non-hydrogen) atoms. The summed E-state index contributed by atoms with van der Waals surface area (Å²) in [6, 6.07) is 0. The lowest BCUT2D eigenvalue weighted by Gasteiger charge is -2.29. The first-order chi connectivity index (χ1) is 5.79. The molecule has 0 bridgehead atoms. The molecule has 0 radical (unpaired) electrons. The van der Waals surface area contributed by atoms with Gasteiger partial charge in [0.15, 0.2) is 0 Å². The summed E-state index contributed by atoms with van der Waals surface area (Å²) >= 11 is 0. The van der Waals surface area contributed by atoms with E-state index in [1.54, 1.807) is 7.11 Å². The summed E-state index contributed by atoms with van der Waals surface area (Å²) in [5, 5.41) is 0. The Hall–Kier alpha value is -0.120. The molecule has 0 unspecified atom stereocenters. The minimum absolute atomic E-state index is 0.341. The number of hydrogen-bond acceptors (Lipinski definition) is 3. The van der Waals surface area contributed by atoms with Gasteiger partial charge in [-0.05, 0) is 19.4 Å². The molecule has 3 nitrogen and oxygen atoms in total. The maximum atomic E-state index is 5.73. The molecule has 0 spiro atoms. The van der Waals surface area contributed by atoms with E-state index in [-0.39, 0.29) is 0 Å². The van der Waals surface area contributed by atoms with Gasteiger partial charge in [-0.1, -0.05) is 6.92 Å². The quantitative estimate of drug-likeness (QED) is 0.632. The zero-order valence-corrected chi connectivity index (χ0v) is 8.18. The third kappa shape index (κ3) is 1.97. The van der Waals surface area contributed by atoms with Gasteiger partial charge in [-0.15, -0.1) is 0 Å². The average molecular weight is 172 g/mol. The van der Waals surface area contributed by atoms with Crippen molar-refractivity contribution in [2.24, 2.45) is 5.73 Å². The van der Waals surface area contributed by atoms with E-state index in [1.807, 2.05) is 0 Å². The van der Waals surface area contributed by atoms with Crippen LogP contribution in [0.25, 0.3) is 0 Å². The second-order valence-electron chi connectivity index (χ2n) is 3.50. The SMILES string of the molecule is CCN(CCOC)C1(CN)CC1. The molecule has 1 aliphatic rings. The summed E-state index contributed by atoms with van der Waals surface area (Å²) in [4.78, 5) is 2.44. The minimum Gasteiger partial charge on any atom is -0.383 e. The maximum absolute atomic E-state index is 5.73. The standard InChI is InChI=1S/C9H20N2O/c1-3-11(6-7-12-2)9(8-10)4-5-9/h3-8,10H2,1-2H3. The van der Waals surface area contributed by atoms with Crippen LogP contribution in [0.1, 0.15) is 19.8 Å². The molecule has 1 aliphatic carbocycles. The van der Waals surface area contributed by atoms with Gasteiger partial charge in [0.05, 0.1) is 6.61 Å². The van der Waals surface area contributed by atoms with Gasteiger partial charge in [0.1, 0.15) is 0 Å². The van der Waals surface area contributed by atoms with E-state index in [0.717, 1.165) is 26.2 Å². The van der Waals surface area contributed by atoms with E-state index >= 15 is 0 Å². The molecule has 0 atom stereocenters. The predicted molar refractivity (Wildman–Crippen MR) is 50.1 cm³/mol. The molecule has 0 amide bonds. The Bertz CT molecular complexity index is 134. The van der Waals surface area contributed by atoms with E-state index in [0.29, 0.717) is 5.54 Å². The van der Waals surface area contributed by atoms with Crippen molar-refractivity contribution in [1.29, 1.82) is 0 Å². The molecule has 0 aromatic heterocycles. The second-order valence-corrected chi connectivity index (χ2v) is 3.50. The highest BCUT2D eigenvalue weighted by Gasteiger charge is 2.45. The van der Waals surface area contributed by atoms with Crippen LogP contribution in [-0.2, 0) is 4.74 Å². The van der Waals surface area contributed by atoms with E-state index in [4.69, 9.17) is 10.5 Å². The fourth-order valence-corrected chi connectivity index (χ4v) is 1.73. The van der Waals surface area contributed by atoms with E-state index in [1.165, 1.54) is 12.8 Å². The average Bonchev–Trinajstić information content (AvgIpc) is 2.87. The zero-order chi connectivity index (χ0) is 9.03. The molecule has 1 rings (SSSR count). The Morgan fingerprint density at radius 1 is 1.50 bits per heavy atom. The highest BCUT2D eigenvalue weighted by atomic mass is 16.5. The van der Waals surface area contributed by atoms with Crippen molar-refractivity contribution >= 4 is 0 Å². The third-order valence-corrected chi connectivity index (χ3v) is 2.82. The van der Waals surface area contributed by atoms with Gasteiger partial charge in [0, 0.05) is 25.7 Å². The van der Waals surface area contributed by atoms with Crippen LogP contribution in [0.4, 0.5) is 0 Å². The number of likely N-dealkylation sites (N-methyl/N-ethyl adjacent to an activating group) is 1. The van der Waals surface area contributed by atoms with Gasteiger partial charge in [-0.2, -0.15) is 0 Å². The molecule has 0 heterocycles. The molecule has 0 saturated heterocycles. The highest BCUT2D eigenvalue weighted by Crippen LogP contribution is 2.40. The van der Waals surface area contributed by atoms with Crippen LogP contribution in [0.2, 0.25) is 0 Å². The van der Waals surface area contributed by atoms with Crippen molar-refractivity contribution in [3.8, 4) is 0 Å². The Kier molecular flexibility index (Phi) is 3.50. The fraction of sp³-hybridized carbons (Fsp3) is 1.00. The molecule has 72 valence electrons. The Labute approximate surface area is 74.9 Å². The van der Waals surface area contributed by atoms with Crippen LogP contribution < -0.4 is 5.73 Å². The lowest BCUT2D eigenvalue weighted by Crippen LogP contribution is -2.44. The summed E-state index contributed by atoms with van der Waals surface area (Å²) in [5.74, 6) is 0. The van der Waals surface area contributed by atoms with E-state index in [9.17, 15) is 0 Å². The molecule has 1 fully saturated rings. The predicted octanol–water partition coefficient (Wildman–Crippen LogP) is 0.446. The fourth-order valence-electron chi connectivity index (χ4n) is 1.73. The monoisotopic (exact) mass is 172 g/mol. The molecule has 0 aliphatic heterocycles. The van der Waals surface area contributed by atoms with Gasteiger partial charge in [-0.3, -0.25) is 4.90 Å². The summed E-state index contributed by atoms with van der Waals surface area (Å²) in [6.07, 6.45) is 2.53. The van der Waals surface area contributed by atoms with Crippen LogP contribution in [0.3, 0.4) is 0 Å². The van der Waals surface area contributed by atoms with E-state index < -0.39 is 0 Å². The number of hydrogen-bond donors (Lipinski definition) is 1. The van der Waals surface area contributed by atoms with Crippen molar-refractivity contribution in [3.63, 3.8) is 0 Å². The Morgan fingerprint density at radius 2 is 2.17 bits per heavy atom. The highest BCUT2D eigenvalue weighted by molar-refractivity contribution is 5.04. The molecule has 0 aromatic rings. The maximum Gasteiger partial charge on any atom is 0.0589 e. The van der Waals surface area contributed by atoms with Crippen LogP contribution in [0, 0.1) is 0 Å². The third-order valence-electron chi connectivity index (χ3n) is 2.82.